The number of carbonyl (C=O) groups excluding carboxylic acids is 1. The molecule has 0 saturated carbocycles. The first-order valence-electron chi connectivity index (χ1n) is 3.43. The average Bonchev–Trinajstić information content (AvgIpc) is 2.00. The van der Waals surface area contributed by atoms with Crippen LogP contribution >= 0.6 is 0 Å². The van der Waals surface area contributed by atoms with E-state index in [0.29, 0.717) is 0 Å². The third-order valence-electron chi connectivity index (χ3n) is 1.21. The molecule has 0 fully saturated rings. The van der Waals surface area contributed by atoms with Crippen LogP contribution in [0, 0.1) is 0 Å². The Morgan fingerprint density at radius 1 is 1.54 bits per heavy atom. The quantitative estimate of drug-likeness (QED) is 0.544. The number of hydrogen-bond acceptors (Lipinski definition) is 3. The van der Waals surface area contributed by atoms with Gasteiger partial charge in [0.1, 0.15) is 6.04 Å². The molecule has 0 aliphatic heterocycles. The maximum absolute atomic E-state index is 12.6. The Hall–Kier alpha value is -0.850. The van der Waals surface area contributed by atoms with Crippen LogP contribution in [-0.2, 0) is 9.53 Å². The predicted molar refractivity (Wildman–Crippen MR) is 35.6 cm³/mol. The second-order valence-electron chi connectivity index (χ2n) is 2.22. The highest BCUT2D eigenvalue weighted by Gasteiger charge is 2.46. The maximum Gasteiger partial charge on any atom is 0.407 e. The molecule has 13 heavy (non-hydrogen) atoms. The molecule has 0 spiro atoms. The van der Waals surface area contributed by atoms with Crippen LogP contribution in [0.5, 0.6) is 0 Å². The Morgan fingerprint density at radius 2 is 2.00 bits per heavy atom. The molecule has 7 heteroatoms. The summed E-state index contributed by atoms with van der Waals surface area (Å²) < 4.78 is 51.8. The summed E-state index contributed by atoms with van der Waals surface area (Å²) in [5, 5.41) is 0. The van der Waals surface area contributed by atoms with Crippen LogP contribution in [0.15, 0.2) is 0 Å². The zero-order valence-corrected chi connectivity index (χ0v) is 6.77. The molecule has 2 N–H and O–H groups in total. The van der Waals surface area contributed by atoms with Gasteiger partial charge in [0, 0.05) is 0 Å². The lowest BCUT2D eigenvalue weighted by atomic mass is 10.2. The van der Waals surface area contributed by atoms with E-state index in [2.05, 4.69) is 10.5 Å². The molecule has 2 atom stereocenters. The minimum Gasteiger partial charge on any atom is -0.464 e. The minimum atomic E-state index is -4.94. The SMILES string of the molecule is CCOC(=O)C(F)[C@@H](N)C(F)(F)F. The fourth-order valence-corrected chi connectivity index (χ4v) is 0.534. The second-order valence-corrected chi connectivity index (χ2v) is 2.22. The van der Waals surface area contributed by atoms with E-state index in [1.54, 1.807) is 0 Å². The summed E-state index contributed by atoms with van der Waals surface area (Å²) >= 11 is 0. The number of hydrogen-bond donors (Lipinski definition) is 1. The first-order chi connectivity index (χ1) is 5.80. The van der Waals surface area contributed by atoms with Crippen molar-refractivity contribution in [3.05, 3.63) is 0 Å². The fourth-order valence-electron chi connectivity index (χ4n) is 0.534. The van der Waals surface area contributed by atoms with Crippen molar-refractivity contribution in [1.29, 1.82) is 0 Å². The van der Waals surface area contributed by atoms with Crippen molar-refractivity contribution >= 4 is 5.97 Å². The van der Waals surface area contributed by atoms with Gasteiger partial charge in [0.25, 0.3) is 0 Å². The summed E-state index contributed by atoms with van der Waals surface area (Å²) in [6.07, 6.45) is -7.80. The van der Waals surface area contributed by atoms with Gasteiger partial charge < -0.3 is 10.5 Å². The molecule has 3 nitrogen and oxygen atoms in total. The van der Waals surface area contributed by atoms with Crippen molar-refractivity contribution in [1.82, 2.24) is 0 Å². The van der Waals surface area contributed by atoms with Crippen molar-refractivity contribution in [3.8, 4) is 0 Å². The Bertz CT molecular complexity index is 182. The summed E-state index contributed by atoms with van der Waals surface area (Å²) in [5.41, 5.74) is 4.42. The molecule has 0 heterocycles. The van der Waals surface area contributed by atoms with Crippen molar-refractivity contribution in [2.24, 2.45) is 5.73 Å². The number of halogens is 4. The average molecular weight is 203 g/mol. The Labute approximate surface area is 71.8 Å². The maximum atomic E-state index is 12.6. The molecule has 0 rings (SSSR count). The van der Waals surface area contributed by atoms with E-state index in [4.69, 9.17) is 0 Å². The minimum absolute atomic E-state index is 0.191. The van der Waals surface area contributed by atoms with E-state index >= 15 is 0 Å². The van der Waals surface area contributed by atoms with E-state index in [9.17, 15) is 22.4 Å². The normalized spacial score (nSPS) is 16.5. The highest BCUT2D eigenvalue weighted by Crippen LogP contribution is 2.22. The van der Waals surface area contributed by atoms with E-state index in [1.165, 1.54) is 6.92 Å². The van der Waals surface area contributed by atoms with Crippen LogP contribution in [0.2, 0.25) is 0 Å². The van der Waals surface area contributed by atoms with E-state index in [-0.39, 0.29) is 6.61 Å². The van der Waals surface area contributed by atoms with Gasteiger partial charge in [-0.2, -0.15) is 13.2 Å². The van der Waals surface area contributed by atoms with Gasteiger partial charge in [0.05, 0.1) is 6.61 Å². The number of ether oxygens (including phenoxy) is 1. The van der Waals surface area contributed by atoms with Gasteiger partial charge in [-0.15, -0.1) is 0 Å². The van der Waals surface area contributed by atoms with Crippen LogP contribution in [0.1, 0.15) is 6.92 Å². The molecule has 0 saturated heterocycles. The topological polar surface area (TPSA) is 52.3 Å². The lowest BCUT2D eigenvalue weighted by Gasteiger charge is -2.17. The van der Waals surface area contributed by atoms with Crippen molar-refractivity contribution in [2.45, 2.75) is 25.3 Å². The monoisotopic (exact) mass is 203 g/mol. The van der Waals surface area contributed by atoms with E-state index in [0.717, 1.165) is 0 Å². The zero-order valence-electron chi connectivity index (χ0n) is 6.77. The molecule has 0 aromatic carbocycles. The van der Waals surface area contributed by atoms with E-state index < -0.39 is 24.4 Å². The summed E-state index contributed by atoms with van der Waals surface area (Å²) in [4.78, 5) is 10.5. The van der Waals surface area contributed by atoms with Gasteiger partial charge in [-0.05, 0) is 6.92 Å². The molecule has 0 aliphatic carbocycles. The molecule has 0 amide bonds. The highest BCUT2D eigenvalue weighted by atomic mass is 19.4. The highest BCUT2D eigenvalue weighted by molar-refractivity contribution is 5.75. The third kappa shape index (κ3) is 3.58. The standard InChI is InChI=1S/C6H9F4NO2/c1-2-13-5(12)3(7)4(11)6(8,9)10/h3-4H,2,11H2,1H3/t3?,4-/m1/s1. The predicted octanol–water partition coefficient (Wildman–Crippen LogP) is 0.777. The number of nitrogens with two attached hydrogens (primary N) is 1. The molecule has 0 bridgehead atoms. The van der Waals surface area contributed by atoms with Crippen LogP contribution < -0.4 is 5.73 Å². The first kappa shape index (κ1) is 12.2. The molecular weight excluding hydrogens is 194 g/mol. The third-order valence-corrected chi connectivity index (χ3v) is 1.21. The number of alkyl halides is 4. The van der Waals surface area contributed by atoms with Gasteiger partial charge in [0.2, 0.25) is 6.17 Å². The number of rotatable bonds is 3. The number of esters is 1. The Balaban J connectivity index is 4.25. The Morgan fingerprint density at radius 3 is 2.31 bits per heavy atom. The summed E-state index contributed by atoms with van der Waals surface area (Å²) in [5.74, 6) is -1.59. The largest absolute Gasteiger partial charge is 0.464 e. The van der Waals surface area contributed by atoms with Crippen LogP contribution in [0.25, 0.3) is 0 Å². The van der Waals surface area contributed by atoms with Crippen LogP contribution in [-0.4, -0.2) is 31.0 Å². The van der Waals surface area contributed by atoms with Crippen LogP contribution in [0.3, 0.4) is 0 Å². The summed E-state index contributed by atoms with van der Waals surface area (Å²) in [7, 11) is 0. The van der Waals surface area contributed by atoms with Gasteiger partial charge in [-0.1, -0.05) is 0 Å². The van der Waals surface area contributed by atoms with Gasteiger partial charge in [-0.25, -0.2) is 9.18 Å². The molecular formula is C6H9F4NO2. The first-order valence-corrected chi connectivity index (χ1v) is 3.43. The van der Waals surface area contributed by atoms with Crippen molar-refractivity contribution < 1.29 is 27.1 Å². The smallest absolute Gasteiger partial charge is 0.407 e. The lowest BCUT2D eigenvalue weighted by Crippen LogP contribution is -2.48. The fraction of sp³-hybridized carbons (Fsp3) is 0.833. The molecule has 1 unspecified atom stereocenters. The molecule has 0 radical (unpaired) electrons. The van der Waals surface area contributed by atoms with E-state index in [1.807, 2.05) is 0 Å². The molecule has 0 aliphatic rings. The molecule has 78 valence electrons. The van der Waals surface area contributed by atoms with Crippen LogP contribution in [0.4, 0.5) is 17.6 Å². The van der Waals surface area contributed by atoms with Crippen molar-refractivity contribution in [2.75, 3.05) is 6.61 Å². The van der Waals surface area contributed by atoms with Gasteiger partial charge in [-0.3, -0.25) is 0 Å². The molecule has 0 aromatic rings. The zero-order chi connectivity index (χ0) is 10.6. The summed E-state index contributed by atoms with van der Waals surface area (Å²) in [6, 6.07) is -2.83. The van der Waals surface area contributed by atoms with Gasteiger partial charge >= 0.3 is 12.1 Å². The number of carbonyl (C=O) groups is 1. The Kier molecular flexibility index (Phi) is 4.12. The second kappa shape index (κ2) is 4.40. The van der Waals surface area contributed by atoms with Crippen molar-refractivity contribution in [3.63, 3.8) is 0 Å². The summed E-state index contributed by atoms with van der Waals surface area (Å²) in [6.45, 7) is 1.16. The molecule has 0 aromatic heterocycles. The van der Waals surface area contributed by atoms with Gasteiger partial charge in [0.15, 0.2) is 0 Å². The lowest BCUT2D eigenvalue weighted by molar-refractivity contribution is -0.177.